The van der Waals surface area contributed by atoms with Crippen molar-refractivity contribution in [3.05, 3.63) is 41.3 Å². The molecule has 0 unspecified atom stereocenters. The first-order chi connectivity index (χ1) is 11.5. The predicted octanol–water partition coefficient (Wildman–Crippen LogP) is 2.59. The minimum atomic E-state index is -0.958. The summed E-state index contributed by atoms with van der Waals surface area (Å²) >= 11 is 0. The largest absolute Gasteiger partial charge is 0.441 e. The van der Waals surface area contributed by atoms with Crippen molar-refractivity contribution in [1.82, 2.24) is 14.8 Å². The van der Waals surface area contributed by atoms with Crippen LogP contribution in [-0.4, -0.2) is 46.9 Å². The number of piperazine rings is 1. The lowest BCUT2D eigenvalue weighted by Gasteiger charge is -2.33. The van der Waals surface area contributed by atoms with E-state index in [0.29, 0.717) is 31.1 Å². The van der Waals surface area contributed by atoms with Crippen LogP contribution in [0.5, 0.6) is 0 Å². The number of rotatable bonds is 3. The normalized spacial score (nSPS) is 15.8. The highest BCUT2D eigenvalue weighted by molar-refractivity contribution is 5.73. The average molecular weight is 335 g/mol. The van der Waals surface area contributed by atoms with Crippen molar-refractivity contribution in [3.63, 3.8) is 0 Å². The first-order valence-electron chi connectivity index (χ1n) is 7.84. The Hall–Kier alpha value is -2.28. The van der Waals surface area contributed by atoms with Gasteiger partial charge in [-0.2, -0.15) is 0 Å². The number of hydrogen-bond acceptors (Lipinski definition) is 4. The Kier molecular flexibility index (Phi) is 4.62. The second kappa shape index (κ2) is 6.68. The molecule has 1 aliphatic rings. The van der Waals surface area contributed by atoms with E-state index in [4.69, 9.17) is 4.42 Å². The number of aromatic nitrogens is 1. The maximum absolute atomic E-state index is 13.9. The lowest BCUT2D eigenvalue weighted by Crippen LogP contribution is -2.47. The van der Waals surface area contributed by atoms with Crippen LogP contribution in [0.4, 0.5) is 8.78 Å². The Morgan fingerprint density at radius 2 is 1.96 bits per heavy atom. The van der Waals surface area contributed by atoms with Gasteiger partial charge in [0.2, 0.25) is 11.8 Å². The summed E-state index contributed by atoms with van der Waals surface area (Å²) in [6, 6.07) is 3.93. The Morgan fingerprint density at radius 1 is 1.25 bits per heavy atom. The smallest absolute Gasteiger partial charge is 0.229 e. The number of carbonyl (C=O) groups is 1. The maximum atomic E-state index is 13.9. The highest BCUT2D eigenvalue weighted by Crippen LogP contribution is 2.26. The summed E-state index contributed by atoms with van der Waals surface area (Å²) in [5, 5.41) is 0. The number of aryl methyl sites for hydroxylation is 1. The molecule has 0 radical (unpaired) electrons. The van der Waals surface area contributed by atoms with Gasteiger partial charge in [-0.1, -0.05) is 6.07 Å². The molecule has 128 valence electrons. The highest BCUT2D eigenvalue weighted by atomic mass is 19.2. The molecule has 1 amide bonds. The standard InChI is InChI=1S/C17H19F2N3O2/c1-11-15(10-21-6-8-22(9-7-21)12(2)23)20-17(24-11)13-4-3-5-14(18)16(13)19/h3-5H,6-10H2,1-2H3. The number of carbonyl (C=O) groups excluding carboxylic acids is 1. The van der Waals surface area contributed by atoms with Crippen LogP contribution in [0.2, 0.25) is 0 Å². The maximum Gasteiger partial charge on any atom is 0.229 e. The molecule has 0 saturated carbocycles. The molecule has 1 aromatic heterocycles. The molecule has 7 heteroatoms. The predicted molar refractivity (Wildman–Crippen MR) is 84.1 cm³/mol. The number of oxazole rings is 1. The van der Waals surface area contributed by atoms with Gasteiger partial charge < -0.3 is 9.32 Å². The Balaban J connectivity index is 1.73. The van der Waals surface area contributed by atoms with Crippen molar-refractivity contribution in [2.45, 2.75) is 20.4 Å². The van der Waals surface area contributed by atoms with E-state index in [0.717, 1.165) is 19.2 Å². The van der Waals surface area contributed by atoms with E-state index in [2.05, 4.69) is 9.88 Å². The molecule has 0 spiro atoms. The number of nitrogens with zero attached hydrogens (tertiary/aromatic N) is 3. The van der Waals surface area contributed by atoms with Crippen molar-refractivity contribution in [2.24, 2.45) is 0 Å². The number of benzene rings is 1. The van der Waals surface area contributed by atoms with Gasteiger partial charge in [0.1, 0.15) is 5.76 Å². The van der Waals surface area contributed by atoms with Gasteiger partial charge in [0.25, 0.3) is 0 Å². The Morgan fingerprint density at radius 3 is 2.62 bits per heavy atom. The topological polar surface area (TPSA) is 49.6 Å². The van der Waals surface area contributed by atoms with Gasteiger partial charge in [0, 0.05) is 39.6 Å². The summed E-state index contributed by atoms with van der Waals surface area (Å²) in [7, 11) is 0. The molecule has 2 aromatic rings. The van der Waals surface area contributed by atoms with Crippen LogP contribution in [0, 0.1) is 18.6 Å². The lowest BCUT2D eigenvalue weighted by molar-refractivity contribution is -0.130. The average Bonchev–Trinajstić information content (AvgIpc) is 2.91. The molecule has 1 saturated heterocycles. The van der Waals surface area contributed by atoms with E-state index in [-0.39, 0.29) is 17.4 Å². The molecule has 0 atom stereocenters. The van der Waals surface area contributed by atoms with E-state index in [9.17, 15) is 13.6 Å². The van der Waals surface area contributed by atoms with Crippen LogP contribution in [0.3, 0.4) is 0 Å². The van der Waals surface area contributed by atoms with Gasteiger partial charge in [-0.25, -0.2) is 13.8 Å². The second-order valence-electron chi connectivity index (χ2n) is 5.91. The van der Waals surface area contributed by atoms with Crippen molar-refractivity contribution >= 4 is 5.91 Å². The van der Waals surface area contributed by atoms with Crippen LogP contribution < -0.4 is 0 Å². The minimum Gasteiger partial charge on any atom is -0.441 e. The van der Waals surface area contributed by atoms with E-state index in [1.54, 1.807) is 18.7 Å². The molecule has 24 heavy (non-hydrogen) atoms. The Bertz CT molecular complexity index is 752. The third kappa shape index (κ3) is 3.31. The zero-order valence-electron chi connectivity index (χ0n) is 13.7. The van der Waals surface area contributed by atoms with Crippen LogP contribution >= 0.6 is 0 Å². The lowest BCUT2D eigenvalue weighted by atomic mass is 10.2. The van der Waals surface area contributed by atoms with Crippen LogP contribution in [-0.2, 0) is 11.3 Å². The Labute approximate surface area is 138 Å². The van der Waals surface area contributed by atoms with Crippen LogP contribution in [0.15, 0.2) is 22.6 Å². The molecule has 1 aromatic carbocycles. The van der Waals surface area contributed by atoms with Crippen molar-refractivity contribution in [3.8, 4) is 11.5 Å². The number of hydrogen-bond donors (Lipinski definition) is 0. The summed E-state index contributed by atoms with van der Waals surface area (Å²) in [5.41, 5.74) is 0.718. The number of amides is 1. The highest BCUT2D eigenvalue weighted by Gasteiger charge is 2.22. The molecule has 0 N–H and O–H groups in total. The van der Waals surface area contributed by atoms with Gasteiger partial charge >= 0.3 is 0 Å². The molecular formula is C17H19F2N3O2. The zero-order chi connectivity index (χ0) is 17.3. The third-order valence-corrected chi connectivity index (χ3v) is 4.27. The molecule has 2 heterocycles. The van der Waals surface area contributed by atoms with Gasteiger partial charge in [0.15, 0.2) is 11.6 Å². The fraction of sp³-hybridized carbons (Fsp3) is 0.412. The summed E-state index contributed by atoms with van der Waals surface area (Å²) in [4.78, 5) is 19.7. The van der Waals surface area contributed by atoms with E-state index < -0.39 is 11.6 Å². The minimum absolute atomic E-state index is 0.0192. The molecule has 5 nitrogen and oxygen atoms in total. The van der Waals surface area contributed by atoms with Crippen LogP contribution in [0.25, 0.3) is 11.5 Å². The molecule has 0 aliphatic carbocycles. The second-order valence-corrected chi connectivity index (χ2v) is 5.91. The summed E-state index contributed by atoms with van der Waals surface area (Å²) < 4.78 is 32.8. The van der Waals surface area contributed by atoms with E-state index >= 15 is 0 Å². The van der Waals surface area contributed by atoms with Crippen molar-refractivity contribution < 1.29 is 18.0 Å². The molecule has 1 fully saturated rings. The molecule has 3 rings (SSSR count). The quantitative estimate of drug-likeness (QED) is 0.865. The summed E-state index contributed by atoms with van der Waals surface area (Å²) in [6.07, 6.45) is 0. The molecule has 0 bridgehead atoms. The van der Waals surface area contributed by atoms with Crippen molar-refractivity contribution in [2.75, 3.05) is 26.2 Å². The first kappa shape index (κ1) is 16.6. The SMILES string of the molecule is CC(=O)N1CCN(Cc2nc(-c3cccc(F)c3F)oc2C)CC1. The summed E-state index contributed by atoms with van der Waals surface area (Å²) in [5.74, 6) is -1.13. The zero-order valence-corrected chi connectivity index (χ0v) is 13.7. The fourth-order valence-corrected chi connectivity index (χ4v) is 2.79. The third-order valence-electron chi connectivity index (χ3n) is 4.27. The van der Waals surface area contributed by atoms with Gasteiger partial charge in [0.05, 0.1) is 11.3 Å². The van der Waals surface area contributed by atoms with E-state index in [1.807, 2.05) is 0 Å². The van der Waals surface area contributed by atoms with Gasteiger partial charge in [-0.3, -0.25) is 9.69 Å². The van der Waals surface area contributed by atoms with Gasteiger partial charge in [-0.15, -0.1) is 0 Å². The molecular weight excluding hydrogens is 316 g/mol. The van der Waals surface area contributed by atoms with Crippen molar-refractivity contribution in [1.29, 1.82) is 0 Å². The monoisotopic (exact) mass is 335 g/mol. The van der Waals surface area contributed by atoms with E-state index in [1.165, 1.54) is 12.1 Å². The fourth-order valence-electron chi connectivity index (χ4n) is 2.79. The van der Waals surface area contributed by atoms with Crippen LogP contribution in [0.1, 0.15) is 18.4 Å². The number of halogens is 2. The molecule has 1 aliphatic heterocycles. The first-order valence-corrected chi connectivity index (χ1v) is 7.84. The van der Waals surface area contributed by atoms with Gasteiger partial charge in [-0.05, 0) is 19.1 Å². The summed E-state index contributed by atoms with van der Waals surface area (Å²) in [6.45, 7) is 6.73.